The molecule has 0 aliphatic carbocycles. The van der Waals surface area contributed by atoms with Gasteiger partial charge in [0, 0.05) is 18.4 Å². The fourth-order valence-electron chi connectivity index (χ4n) is 2.50. The number of imidazole rings is 1. The van der Waals surface area contributed by atoms with Crippen molar-refractivity contribution in [2.45, 2.75) is 39.1 Å². The molecule has 1 amide bonds. The van der Waals surface area contributed by atoms with Crippen molar-refractivity contribution in [1.29, 1.82) is 0 Å². The maximum atomic E-state index is 12.2. The molecule has 0 saturated carbocycles. The first-order valence-corrected chi connectivity index (χ1v) is 7.68. The Morgan fingerprint density at radius 2 is 2.35 bits per heavy atom. The predicted octanol–water partition coefficient (Wildman–Crippen LogP) is 0.371. The van der Waals surface area contributed by atoms with Crippen molar-refractivity contribution in [3.63, 3.8) is 0 Å². The zero-order valence-corrected chi connectivity index (χ0v) is 13.3. The van der Waals surface area contributed by atoms with Crippen LogP contribution in [0.5, 0.6) is 5.75 Å². The van der Waals surface area contributed by atoms with Crippen molar-refractivity contribution in [3.05, 3.63) is 30.6 Å². The average Bonchev–Trinajstić information content (AvgIpc) is 3.24. The van der Waals surface area contributed by atoms with Crippen LogP contribution in [0.2, 0.25) is 0 Å². The van der Waals surface area contributed by atoms with Gasteiger partial charge in [-0.3, -0.25) is 9.48 Å². The van der Waals surface area contributed by atoms with Gasteiger partial charge in [-0.25, -0.2) is 4.98 Å². The third-order valence-corrected chi connectivity index (χ3v) is 3.83. The number of amides is 1. The minimum Gasteiger partial charge on any atom is -0.482 e. The Morgan fingerprint density at radius 3 is 3.04 bits per heavy atom. The molecule has 23 heavy (non-hydrogen) atoms. The third kappa shape index (κ3) is 3.70. The molecule has 0 radical (unpaired) electrons. The van der Waals surface area contributed by atoms with Crippen molar-refractivity contribution >= 4 is 5.91 Å². The molecule has 1 aliphatic rings. The van der Waals surface area contributed by atoms with Crippen LogP contribution in [0.3, 0.4) is 0 Å². The summed E-state index contributed by atoms with van der Waals surface area (Å²) in [6, 6.07) is -0.170. The Kier molecular flexibility index (Phi) is 4.61. The van der Waals surface area contributed by atoms with E-state index in [0.29, 0.717) is 19.0 Å². The number of ether oxygens (including phenoxy) is 2. The quantitative estimate of drug-likeness (QED) is 0.832. The standard InChI is InChI=1S/C15H21N5O3/c1-3-20-6-12(5-17-20)23-14-9-22-8-13(14)18-15(21)7-19-10-16-4-11(19)2/h4-6,10,13-14H,3,7-9H2,1-2H3,(H,18,21)/t13-,14+/m0/s1. The molecule has 2 aromatic rings. The molecule has 124 valence electrons. The summed E-state index contributed by atoms with van der Waals surface area (Å²) >= 11 is 0. The summed E-state index contributed by atoms with van der Waals surface area (Å²) in [7, 11) is 0. The van der Waals surface area contributed by atoms with E-state index in [-0.39, 0.29) is 24.6 Å². The highest BCUT2D eigenvalue weighted by Crippen LogP contribution is 2.16. The van der Waals surface area contributed by atoms with Gasteiger partial charge in [-0.05, 0) is 13.8 Å². The Bertz CT molecular complexity index is 666. The number of carbonyl (C=O) groups is 1. The summed E-state index contributed by atoms with van der Waals surface area (Å²) in [5.41, 5.74) is 0.947. The van der Waals surface area contributed by atoms with Gasteiger partial charge in [0.2, 0.25) is 5.91 Å². The molecule has 1 N–H and O–H groups in total. The molecule has 0 unspecified atom stereocenters. The molecule has 2 atom stereocenters. The van der Waals surface area contributed by atoms with E-state index < -0.39 is 0 Å². The lowest BCUT2D eigenvalue weighted by Crippen LogP contribution is -2.46. The van der Waals surface area contributed by atoms with Crippen LogP contribution in [-0.4, -0.2) is 50.6 Å². The molecule has 2 aromatic heterocycles. The normalized spacial score (nSPS) is 20.6. The van der Waals surface area contributed by atoms with Crippen molar-refractivity contribution < 1.29 is 14.3 Å². The highest BCUT2D eigenvalue weighted by molar-refractivity contribution is 5.76. The van der Waals surface area contributed by atoms with Gasteiger partial charge in [-0.2, -0.15) is 5.10 Å². The third-order valence-electron chi connectivity index (χ3n) is 3.83. The Balaban J connectivity index is 1.56. The minimum atomic E-state index is -0.211. The van der Waals surface area contributed by atoms with Gasteiger partial charge >= 0.3 is 0 Å². The highest BCUT2D eigenvalue weighted by atomic mass is 16.5. The van der Waals surface area contributed by atoms with Crippen molar-refractivity contribution in [2.24, 2.45) is 0 Å². The minimum absolute atomic E-state index is 0.0838. The molecule has 0 aromatic carbocycles. The second kappa shape index (κ2) is 6.82. The van der Waals surface area contributed by atoms with Crippen LogP contribution in [0, 0.1) is 6.92 Å². The summed E-state index contributed by atoms with van der Waals surface area (Å²) in [4.78, 5) is 16.2. The number of hydrogen-bond donors (Lipinski definition) is 1. The Labute approximate surface area is 134 Å². The highest BCUT2D eigenvalue weighted by Gasteiger charge is 2.31. The van der Waals surface area contributed by atoms with E-state index in [1.54, 1.807) is 28.0 Å². The van der Waals surface area contributed by atoms with E-state index in [1.165, 1.54) is 0 Å². The van der Waals surface area contributed by atoms with E-state index in [9.17, 15) is 4.79 Å². The molecule has 3 rings (SSSR count). The fraction of sp³-hybridized carbons (Fsp3) is 0.533. The number of hydrogen-bond acceptors (Lipinski definition) is 5. The summed E-state index contributed by atoms with van der Waals surface area (Å²) in [5.74, 6) is 0.603. The van der Waals surface area contributed by atoms with E-state index in [4.69, 9.17) is 9.47 Å². The van der Waals surface area contributed by atoms with E-state index in [1.807, 2.05) is 20.0 Å². The zero-order valence-electron chi connectivity index (χ0n) is 13.3. The maximum Gasteiger partial charge on any atom is 0.240 e. The van der Waals surface area contributed by atoms with Crippen LogP contribution in [0.25, 0.3) is 0 Å². The fourth-order valence-corrected chi connectivity index (χ4v) is 2.50. The molecular weight excluding hydrogens is 298 g/mol. The molecular formula is C15H21N5O3. The second-order valence-corrected chi connectivity index (χ2v) is 5.56. The van der Waals surface area contributed by atoms with Crippen LogP contribution >= 0.6 is 0 Å². The summed E-state index contributed by atoms with van der Waals surface area (Å²) < 4.78 is 14.9. The van der Waals surface area contributed by atoms with Gasteiger partial charge in [0.1, 0.15) is 12.6 Å². The van der Waals surface area contributed by atoms with Crippen LogP contribution in [0.4, 0.5) is 0 Å². The first-order valence-electron chi connectivity index (χ1n) is 7.68. The Hall–Kier alpha value is -2.35. The van der Waals surface area contributed by atoms with Crippen LogP contribution in [0.15, 0.2) is 24.9 Å². The zero-order chi connectivity index (χ0) is 16.2. The molecule has 1 fully saturated rings. The number of nitrogens with zero attached hydrogens (tertiary/aromatic N) is 4. The SMILES string of the molecule is CCn1cc(O[C@@H]2COC[C@@H]2NC(=O)Cn2cncc2C)cn1. The van der Waals surface area contributed by atoms with Crippen molar-refractivity contribution in [2.75, 3.05) is 13.2 Å². The first-order chi connectivity index (χ1) is 11.2. The summed E-state index contributed by atoms with van der Waals surface area (Å²) in [5, 5.41) is 7.15. The van der Waals surface area contributed by atoms with Gasteiger partial charge in [-0.1, -0.05) is 0 Å². The maximum absolute atomic E-state index is 12.2. The first kappa shape index (κ1) is 15.5. The predicted molar refractivity (Wildman–Crippen MR) is 82.0 cm³/mol. The van der Waals surface area contributed by atoms with Crippen LogP contribution < -0.4 is 10.1 Å². The van der Waals surface area contributed by atoms with Crippen molar-refractivity contribution in [3.8, 4) is 5.75 Å². The molecule has 0 bridgehead atoms. The van der Waals surface area contributed by atoms with Gasteiger partial charge in [0.05, 0.1) is 38.0 Å². The Morgan fingerprint density at radius 1 is 1.48 bits per heavy atom. The number of nitrogens with one attached hydrogen (secondary N) is 1. The van der Waals surface area contributed by atoms with Crippen molar-refractivity contribution in [1.82, 2.24) is 24.6 Å². The number of aromatic nitrogens is 4. The molecule has 8 nitrogen and oxygen atoms in total. The summed E-state index contributed by atoms with van der Waals surface area (Å²) in [6.45, 7) is 5.85. The van der Waals surface area contributed by atoms with E-state index in [0.717, 1.165) is 12.2 Å². The monoisotopic (exact) mass is 319 g/mol. The largest absolute Gasteiger partial charge is 0.482 e. The van der Waals surface area contributed by atoms with Crippen LogP contribution in [0.1, 0.15) is 12.6 Å². The lowest BCUT2D eigenvalue weighted by molar-refractivity contribution is -0.122. The van der Waals surface area contributed by atoms with Gasteiger partial charge in [0.15, 0.2) is 5.75 Å². The smallest absolute Gasteiger partial charge is 0.240 e. The van der Waals surface area contributed by atoms with Crippen LogP contribution in [-0.2, 0) is 22.6 Å². The van der Waals surface area contributed by atoms with E-state index >= 15 is 0 Å². The van der Waals surface area contributed by atoms with Gasteiger partial charge in [0.25, 0.3) is 0 Å². The molecule has 1 saturated heterocycles. The molecule has 8 heteroatoms. The summed E-state index contributed by atoms with van der Waals surface area (Å²) in [6.07, 6.45) is 6.68. The number of rotatable bonds is 6. The molecule has 0 spiro atoms. The molecule has 3 heterocycles. The van der Waals surface area contributed by atoms with E-state index in [2.05, 4.69) is 15.4 Å². The number of aryl methyl sites for hydroxylation is 2. The van der Waals surface area contributed by atoms with Gasteiger partial charge in [-0.15, -0.1) is 0 Å². The second-order valence-electron chi connectivity index (χ2n) is 5.56. The average molecular weight is 319 g/mol. The van der Waals surface area contributed by atoms with Gasteiger partial charge < -0.3 is 19.4 Å². The topological polar surface area (TPSA) is 83.2 Å². The lowest BCUT2D eigenvalue weighted by atomic mass is 10.2. The lowest BCUT2D eigenvalue weighted by Gasteiger charge is -2.20. The molecule has 1 aliphatic heterocycles. The number of carbonyl (C=O) groups excluding carboxylic acids is 1.